The average molecular weight is 381 g/mol. The van der Waals surface area contributed by atoms with Crippen LogP contribution >= 0.6 is 0 Å². The highest BCUT2D eigenvalue weighted by Crippen LogP contribution is 2.25. The van der Waals surface area contributed by atoms with Gasteiger partial charge in [-0.1, -0.05) is 0 Å². The summed E-state index contributed by atoms with van der Waals surface area (Å²) in [5, 5.41) is 14.4. The maximum Gasteiger partial charge on any atom is 0.219 e. The van der Waals surface area contributed by atoms with Gasteiger partial charge in [0.25, 0.3) is 0 Å². The van der Waals surface area contributed by atoms with Crippen molar-refractivity contribution in [1.82, 2.24) is 14.6 Å². The molecule has 0 amide bonds. The maximum atomic E-state index is 10.4. The molecule has 0 saturated heterocycles. The Morgan fingerprint density at radius 1 is 1.46 bits per heavy atom. The van der Waals surface area contributed by atoms with Gasteiger partial charge in [-0.25, -0.2) is 18.0 Å². The van der Waals surface area contributed by atoms with Crippen LogP contribution in [0.2, 0.25) is 0 Å². The Kier molecular flexibility index (Phi) is 5.75. The zero-order valence-corrected chi connectivity index (χ0v) is 15.3. The van der Waals surface area contributed by atoms with Gasteiger partial charge in [-0.2, -0.15) is 9.61 Å². The van der Waals surface area contributed by atoms with E-state index in [0.717, 1.165) is 23.9 Å². The van der Waals surface area contributed by atoms with Crippen LogP contribution in [0.25, 0.3) is 5.65 Å². The molecule has 3 aromatic rings. The van der Waals surface area contributed by atoms with Gasteiger partial charge in [-0.05, 0) is 13.0 Å². The van der Waals surface area contributed by atoms with Gasteiger partial charge >= 0.3 is 0 Å². The van der Waals surface area contributed by atoms with E-state index in [1.807, 2.05) is 43.1 Å². The van der Waals surface area contributed by atoms with Crippen LogP contribution in [0.15, 0.2) is 30.7 Å². The van der Waals surface area contributed by atoms with Crippen LogP contribution in [-0.2, 0) is 28.1 Å². The first-order valence-electron chi connectivity index (χ1n) is 7.39. The number of aromatic hydroxyl groups is 1. The lowest BCUT2D eigenvalue weighted by molar-refractivity contribution is -0.671. The number of pyridine rings is 1. The fourth-order valence-corrected chi connectivity index (χ4v) is 2.30. The van der Waals surface area contributed by atoms with Crippen LogP contribution in [0.5, 0.6) is 5.88 Å². The summed E-state index contributed by atoms with van der Waals surface area (Å²) < 4.78 is 34.4. The summed E-state index contributed by atoms with van der Waals surface area (Å²) in [6, 6.07) is 3.99. The molecule has 0 aliphatic heterocycles. The van der Waals surface area contributed by atoms with Gasteiger partial charge in [0.15, 0.2) is 18.0 Å². The molecule has 140 valence electrons. The van der Waals surface area contributed by atoms with Gasteiger partial charge in [0.05, 0.1) is 19.0 Å². The standard InChI is InChI=1S/C14H15N5O.CH4O4S/c1-9-11(6-10-4-3-5-18(2)8-10)14(20)19-13(17-9)12(15)7-16-19;1-5-6(2,3)4/h3-5,7-8H,6,15H2,1-2H3;1H3,(H,2,3,4). The van der Waals surface area contributed by atoms with Crippen molar-refractivity contribution in [3.8, 4) is 5.88 Å². The summed E-state index contributed by atoms with van der Waals surface area (Å²) in [6.07, 6.45) is 6.06. The zero-order chi connectivity index (χ0) is 19.5. The fourth-order valence-electron chi connectivity index (χ4n) is 2.30. The third kappa shape index (κ3) is 4.65. The summed E-state index contributed by atoms with van der Waals surface area (Å²) in [7, 11) is -1.64. The molecule has 10 nitrogen and oxygen atoms in total. The summed E-state index contributed by atoms with van der Waals surface area (Å²) in [4.78, 5) is 4.42. The number of nitrogen functional groups attached to an aromatic ring is 1. The van der Waals surface area contributed by atoms with Crippen LogP contribution in [0, 0.1) is 6.92 Å². The quantitative estimate of drug-likeness (QED) is 0.361. The number of aromatic nitrogens is 4. The normalized spacial score (nSPS) is 11.2. The third-order valence-electron chi connectivity index (χ3n) is 3.54. The number of hydrogen-bond acceptors (Lipinski definition) is 8. The summed E-state index contributed by atoms with van der Waals surface area (Å²) in [5.74, 6) is 0.0932. The molecule has 26 heavy (non-hydrogen) atoms. The smallest absolute Gasteiger partial charge is 0.219 e. The molecular formula is C15H19N5O5S. The highest BCUT2D eigenvalue weighted by atomic mass is 32.3. The van der Waals surface area contributed by atoms with E-state index in [9.17, 15) is 18.1 Å². The van der Waals surface area contributed by atoms with Gasteiger partial charge in [-0.15, -0.1) is 0 Å². The second kappa shape index (κ2) is 7.64. The van der Waals surface area contributed by atoms with Crippen LogP contribution < -0.4 is 10.3 Å². The van der Waals surface area contributed by atoms with Crippen molar-refractivity contribution in [2.45, 2.75) is 13.3 Å². The number of anilines is 1. The zero-order valence-electron chi connectivity index (χ0n) is 14.4. The van der Waals surface area contributed by atoms with Crippen molar-refractivity contribution in [2.75, 3.05) is 12.8 Å². The van der Waals surface area contributed by atoms with Gasteiger partial charge in [0.2, 0.25) is 16.3 Å². The topological polar surface area (TPSA) is 147 Å². The number of nitrogens with zero attached hydrogens (tertiary/aromatic N) is 4. The van der Waals surface area contributed by atoms with Crippen molar-refractivity contribution in [2.24, 2.45) is 7.05 Å². The highest BCUT2D eigenvalue weighted by Gasteiger charge is 2.15. The molecule has 3 aromatic heterocycles. The van der Waals surface area contributed by atoms with E-state index in [-0.39, 0.29) is 5.88 Å². The van der Waals surface area contributed by atoms with Crippen LogP contribution in [0.4, 0.5) is 5.69 Å². The van der Waals surface area contributed by atoms with Crippen LogP contribution in [-0.4, -0.2) is 39.8 Å². The SMILES string of the molecule is COS(=O)(=O)[O-].Cc1nc2c(N)cnn2c(O)c1Cc1ccc[n+](C)c1. The van der Waals surface area contributed by atoms with Crippen LogP contribution in [0.1, 0.15) is 16.8 Å². The lowest BCUT2D eigenvalue weighted by Gasteiger charge is -2.09. The molecule has 0 atom stereocenters. The second-order valence-electron chi connectivity index (χ2n) is 5.46. The Morgan fingerprint density at radius 3 is 2.69 bits per heavy atom. The number of aryl methyl sites for hydroxylation is 2. The molecule has 3 heterocycles. The number of rotatable bonds is 3. The molecule has 0 unspecified atom stereocenters. The molecule has 0 aliphatic rings. The molecule has 0 fully saturated rings. The van der Waals surface area contributed by atoms with Gasteiger partial charge < -0.3 is 15.4 Å². The minimum atomic E-state index is -4.41. The lowest BCUT2D eigenvalue weighted by Crippen LogP contribution is -2.26. The van der Waals surface area contributed by atoms with E-state index in [1.54, 1.807) is 0 Å². The van der Waals surface area contributed by atoms with E-state index in [4.69, 9.17) is 5.73 Å². The Labute approximate surface area is 150 Å². The van der Waals surface area contributed by atoms with Crippen LogP contribution in [0.3, 0.4) is 0 Å². The van der Waals surface area contributed by atoms with Crippen molar-refractivity contribution in [3.05, 3.63) is 47.5 Å². The first kappa shape index (κ1) is 19.6. The summed E-state index contributed by atoms with van der Waals surface area (Å²) >= 11 is 0. The van der Waals surface area contributed by atoms with E-state index < -0.39 is 10.4 Å². The molecule has 0 spiro atoms. The number of fused-ring (bicyclic) bond motifs is 1. The molecule has 0 bridgehead atoms. The first-order valence-corrected chi connectivity index (χ1v) is 8.73. The average Bonchev–Trinajstić information content (AvgIpc) is 2.93. The minimum absolute atomic E-state index is 0.0932. The predicted octanol–water partition coefficient (Wildman–Crippen LogP) is -0.166. The van der Waals surface area contributed by atoms with Crippen molar-refractivity contribution >= 4 is 21.7 Å². The fraction of sp³-hybridized carbons (Fsp3) is 0.267. The molecular weight excluding hydrogens is 362 g/mol. The first-order chi connectivity index (χ1) is 12.1. The van der Waals surface area contributed by atoms with Gasteiger partial charge in [0, 0.05) is 29.3 Å². The molecule has 0 aliphatic carbocycles. The van der Waals surface area contributed by atoms with E-state index in [2.05, 4.69) is 14.3 Å². The Morgan fingerprint density at radius 2 is 2.12 bits per heavy atom. The molecule has 3 rings (SSSR count). The number of nitrogens with two attached hydrogens (primary N) is 1. The molecule has 0 saturated carbocycles. The maximum absolute atomic E-state index is 10.4. The van der Waals surface area contributed by atoms with Crippen molar-refractivity contribution < 1.29 is 26.8 Å². The summed E-state index contributed by atoms with van der Waals surface area (Å²) in [6.45, 7) is 1.87. The Balaban J connectivity index is 0.000000352. The third-order valence-corrected chi connectivity index (χ3v) is 3.95. The van der Waals surface area contributed by atoms with Gasteiger partial charge in [-0.3, -0.25) is 4.18 Å². The second-order valence-corrected chi connectivity index (χ2v) is 6.61. The summed E-state index contributed by atoms with van der Waals surface area (Å²) in [5.41, 5.74) is 9.33. The highest BCUT2D eigenvalue weighted by molar-refractivity contribution is 7.80. The molecule has 0 radical (unpaired) electrons. The number of hydrogen-bond donors (Lipinski definition) is 2. The van der Waals surface area contributed by atoms with Crippen molar-refractivity contribution in [1.29, 1.82) is 0 Å². The predicted molar refractivity (Wildman–Crippen MR) is 90.9 cm³/mol. The monoisotopic (exact) mass is 381 g/mol. The molecule has 0 aromatic carbocycles. The van der Waals surface area contributed by atoms with Gasteiger partial charge in [0.1, 0.15) is 7.05 Å². The van der Waals surface area contributed by atoms with E-state index in [1.165, 1.54) is 10.7 Å². The lowest BCUT2D eigenvalue weighted by atomic mass is 10.1. The molecule has 11 heteroatoms. The Hall–Kier alpha value is -2.76. The minimum Gasteiger partial charge on any atom is -0.726 e. The largest absolute Gasteiger partial charge is 0.726 e. The van der Waals surface area contributed by atoms with Crippen molar-refractivity contribution in [3.63, 3.8) is 0 Å². The van der Waals surface area contributed by atoms with E-state index >= 15 is 0 Å². The molecule has 3 N–H and O–H groups in total. The Bertz CT molecular complexity index is 1030. The van der Waals surface area contributed by atoms with E-state index in [0.29, 0.717) is 17.8 Å².